The second-order valence-electron chi connectivity index (χ2n) is 2.24. The van der Waals surface area contributed by atoms with Crippen LogP contribution in [0.4, 0.5) is 0 Å². The molecule has 0 fully saturated rings. The third-order valence-corrected chi connectivity index (χ3v) is 2.18. The lowest BCUT2D eigenvalue weighted by atomic mass is 10.3. The average molecular weight is 170 g/mol. The van der Waals surface area contributed by atoms with Gasteiger partial charge in [0.2, 0.25) is 0 Å². The molecule has 1 amide bonds. The molecule has 60 valence electrons. The van der Waals surface area contributed by atoms with Crippen LogP contribution in [0.1, 0.15) is 28.8 Å². The minimum absolute atomic E-state index is 0.387. The van der Waals surface area contributed by atoms with E-state index in [1.54, 1.807) is 5.38 Å². The Morgan fingerprint density at radius 2 is 2.55 bits per heavy atom. The topological polar surface area (TPSA) is 56.0 Å². The Morgan fingerprint density at radius 3 is 3.00 bits per heavy atom. The van der Waals surface area contributed by atoms with Gasteiger partial charge in [-0.05, 0) is 12.8 Å². The number of aromatic nitrogens is 1. The Hall–Kier alpha value is -0.900. The number of nitrogens with two attached hydrogens (primary N) is 1. The SMILES string of the molecule is CCCc1nc(C(N)=O)cs1. The van der Waals surface area contributed by atoms with Crippen LogP contribution in [0.5, 0.6) is 0 Å². The highest BCUT2D eigenvalue weighted by molar-refractivity contribution is 7.09. The van der Waals surface area contributed by atoms with Crippen molar-refractivity contribution < 1.29 is 4.79 Å². The molecule has 0 aliphatic rings. The quantitative estimate of drug-likeness (QED) is 0.740. The lowest BCUT2D eigenvalue weighted by Crippen LogP contribution is -2.11. The molecule has 1 heterocycles. The van der Waals surface area contributed by atoms with Gasteiger partial charge in [-0.25, -0.2) is 4.98 Å². The van der Waals surface area contributed by atoms with Gasteiger partial charge in [0.05, 0.1) is 5.01 Å². The van der Waals surface area contributed by atoms with Crippen LogP contribution in [0.15, 0.2) is 5.38 Å². The Bertz CT molecular complexity index is 257. The Balaban J connectivity index is 2.73. The smallest absolute Gasteiger partial charge is 0.268 e. The number of nitrogens with zero attached hydrogens (tertiary/aromatic N) is 1. The standard InChI is InChI=1S/C7H10N2OS/c1-2-3-6-9-5(4-11-6)7(8)10/h4H,2-3H2,1H3,(H2,8,10). The zero-order valence-electron chi connectivity index (χ0n) is 6.33. The maximum Gasteiger partial charge on any atom is 0.268 e. The van der Waals surface area contributed by atoms with Crippen LogP contribution < -0.4 is 5.73 Å². The van der Waals surface area contributed by atoms with Gasteiger partial charge in [0.25, 0.3) is 5.91 Å². The van der Waals surface area contributed by atoms with Gasteiger partial charge in [-0.2, -0.15) is 0 Å². The summed E-state index contributed by atoms with van der Waals surface area (Å²) in [4.78, 5) is 14.6. The van der Waals surface area contributed by atoms with Crippen molar-refractivity contribution in [1.82, 2.24) is 4.98 Å². The lowest BCUT2D eigenvalue weighted by Gasteiger charge is -1.87. The largest absolute Gasteiger partial charge is 0.364 e. The monoisotopic (exact) mass is 170 g/mol. The molecular weight excluding hydrogens is 160 g/mol. The van der Waals surface area contributed by atoms with Crippen molar-refractivity contribution in [1.29, 1.82) is 0 Å². The van der Waals surface area contributed by atoms with Crippen LogP contribution in [0.2, 0.25) is 0 Å². The van der Waals surface area contributed by atoms with E-state index in [1.807, 2.05) is 0 Å². The molecule has 4 heteroatoms. The molecular formula is C7H10N2OS. The Labute approximate surface area is 69.3 Å². The summed E-state index contributed by atoms with van der Waals surface area (Å²) in [5, 5.41) is 2.69. The average Bonchev–Trinajstić information content (AvgIpc) is 2.37. The molecule has 1 aromatic heterocycles. The van der Waals surface area contributed by atoms with Gasteiger partial charge in [-0.3, -0.25) is 4.79 Å². The minimum Gasteiger partial charge on any atom is -0.364 e. The molecule has 1 rings (SSSR count). The van der Waals surface area contributed by atoms with Gasteiger partial charge >= 0.3 is 0 Å². The van der Waals surface area contributed by atoms with Crippen molar-refractivity contribution >= 4 is 17.2 Å². The van der Waals surface area contributed by atoms with E-state index >= 15 is 0 Å². The first-order valence-electron chi connectivity index (χ1n) is 3.48. The summed E-state index contributed by atoms with van der Waals surface area (Å²) in [7, 11) is 0. The van der Waals surface area contributed by atoms with Crippen molar-refractivity contribution in [3.05, 3.63) is 16.1 Å². The minimum atomic E-state index is -0.441. The van der Waals surface area contributed by atoms with Crippen LogP contribution in [0.25, 0.3) is 0 Å². The van der Waals surface area contributed by atoms with E-state index in [4.69, 9.17) is 5.73 Å². The first-order valence-corrected chi connectivity index (χ1v) is 4.36. The predicted octanol–water partition coefficient (Wildman–Crippen LogP) is 1.19. The maximum atomic E-state index is 10.6. The molecule has 0 atom stereocenters. The van der Waals surface area contributed by atoms with Crippen LogP contribution in [-0.4, -0.2) is 10.9 Å². The lowest BCUT2D eigenvalue weighted by molar-refractivity contribution is 0.0996. The normalized spacial score (nSPS) is 9.91. The highest BCUT2D eigenvalue weighted by Crippen LogP contribution is 2.10. The molecule has 0 radical (unpaired) electrons. The number of hydrogen-bond acceptors (Lipinski definition) is 3. The number of aryl methyl sites for hydroxylation is 1. The van der Waals surface area contributed by atoms with Gasteiger partial charge in [-0.1, -0.05) is 6.92 Å². The zero-order chi connectivity index (χ0) is 8.27. The molecule has 0 aliphatic carbocycles. The van der Waals surface area contributed by atoms with Crippen LogP contribution in [-0.2, 0) is 6.42 Å². The van der Waals surface area contributed by atoms with Gasteiger partial charge < -0.3 is 5.73 Å². The summed E-state index contributed by atoms with van der Waals surface area (Å²) >= 11 is 1.49. The van der Waals surface area contributed by atoms with Crippen LogP contribution in [0, 0.1) is 0 Å². The number of rotatable bonds is 3. The molecule has 1 aromatic rings. The van der Waals surface area contributed by atoms with Crippen molar-refractivity contribution in [3.8, 4) is 0 Å². The van der Waals surface area contributed by atoms with Gasteiger partial charge in [0.15, 0.2) is 0 Å². The van der Waals surface area contributed by atoms with Gasteiger partial charge in [0.1, 0.15) is 5.69 Å². The fraction of sp³-hybridized carbons (Fsp3) is 0.429. The molecule has 0 saturated carbocycles. The summed E-state index contributed by atoms with van der Waals surface area (Å²) in [6.07, 6.45) is 1.98. The highest BCUT2D eigenvalue weighted by atomic mass is 32.1. The molecule has 0 spiro atoms. The third kappa shape index (κ3) is 2.01. The zero-order valence-corrected chi connectivity index (χ0v) is 7.15. The second kappa shape index (κ2) is 3.48. The number of primary amides is 1. The highest BCUT2D eigenvalue weighted by Gasteiger charge is 2.04. The van der Waals surface area contributed by atoms with Crippen molar-refractivity contribution in [2.75, 3.05) is 0 Å². The third-order valence-electron chi connectivity index (χ3n) is 1.27. The van der Waals surface area contributed by atoms with Crippen molar-refractivity contribution in [2.45, 2.75) is 19.8 Å². The fourth-order valence-electron chi connectivity index (χ4n) is 0.753. The van der Waals surface area contributed by atoms with Crippen molar-refractivity contribution in [3.63, 3.8) is 0 Å². The maximum absolute atomic E-state index is 10.6. The van der Waals surface area contributed by atoms with E-state index in [2.05, 4.69) is 11.9 Å². The summed E-state index contributed by atoms with van der Waals surface area (Å²) < 4.78 is 0. The molecule has 11 heavy (non-hydrogen) atoms. The molecule has 3 nitrogen and oxygen atoms in total. The van der Waals surface area contributed by atoms with E-state index in [0.717, 1.165) is 17.8 Å². The predicted molar refractivity (Wildman–Crippen MR) is 44.6 cm³/mol. The van der Waals surface area contributed by atoms with Crippen LogP contribution >= 0.6 is 11.3 Å². The van der Waals surface area contributed by atoms with Gasteiger partial charge in [-0.15, -0.1) is 11.3 Å². The summed E-state index contributed by atoms with van der Waals surface area (Å²) in [5.74, 6) is -0.441. The molecule has 0 bridgehead atoms. The molecule has 0 unspecified atom stereocenters. The van der Waals surface area contributed by atoms with E-state index in [9.17, 15) is 4.79 Å². The van der Waals surface area contributed by atoms with Crippen LogP contribution in [0.3, 0.4) is 0 Å². The summed E-state index contributed by atoms with van der Waals surface area (Å²) in [5.41, 5.74) is 5.42. The first-order chi connectivity index (χ1) is 5.24. The van der Waals surface area contributed by atoms with E-state index in [-0.39, 0.29) is 0 Å². The van der Waals surface area contributed by atoms with E-state index in [0.29, 0.717) is 5.69 Å². The second-order valence-corrected chi connectivity index (χ2v) is 3.18. The molecule has 0 saturated heterocycles. The Kier molecular flexibility index (Phi) is 2.59. The van der Waals surface area contributed by atoms with Crippen molar-refractivity contribution in [2.24, 2.45) is 5.73 Å². The van der Waals surface area contributed by atoms with E-state index < -0.39 is 5.91 Å². The van der Waals surface area contributed by atoms with Gasteiger partial charge in [0, 0.05) is 5.38 Å². The number of carbonyl (C=O) groups excluding carboxylic acids is 1. The fourth-order valence-corrected chi connectivity index (χ4v) is 1.64. The summed E-state index contributed by atoms with van der Waals surface area (Å²) in [6.45, 7) is 2.07. The molecule has 2 N–H and O–H groups in total. The summed E-state index contributed by atoms with van der Waals surface area (Å²) in [6, 6.07) is 0. The number of thiazole rings is 1. The molecule has 0 aliphatic heterocycles. The Morgan fingerprint density at radius 1 is 1.82 bits per heavy atom. The number of amides is 1. The van der Waals surface area contributed by atoms with E-state index in [1.165, 1.54) is 11.3 Å². The number of hydrogen-bond donors (Lipinski definition) is 1. The molecule has 0 aromatic carbocycles. The number of carbonyl (C=O) groups is 1. The first kappa shape index (κ1) is 8.20.